The van der Waals surface area contributed by atoms with Gasteiger partial charge in [-0.1, -0.05) is 6.08 Å². The Bertz CT molecular complexity index is 622. The Morgan fingerprint density at radius 1 is 1.29 bits per heavy atom. The lowest BCUT2D eigenvalue weighted by molar-refractivity contribution is 0.0958. The Morgan fingerprint density at radius 2 is 2.05 bits per heavy atom. The molecule has 1 aromatic carbocycles. The van der Waals surface area contributed by atoms with E-state index in [4.69, 9.17) is 0 Å². The van der Waals surface area contributed by atoms with Gasteiger partial charge in [0.25, 0.3) is 5.91 Å². The summed E-state index contributed by atoms with van der Waals surface area (Å²) in [7, 11) is 0. The van der Waals surface area contributed by atoms with Gasteiger partial charge in [0.1, 0.15) is 5.82 Å². The maximum absolute atomic E-state index is 11.7. The van der Waals surface area contributed by atoms with Crippen molar-refractivity contribution in [1.29, 1.82) is 0 Å². The van der Waals surface area contributed by atoms with E-state index in [0.29, 0.717) is 18.7 Å². The molecule has 0 aliphatic carbocycles. The molecule has 0 saturated carbocycles. The SMILES string of the molecule is C=CCNC(=O)c1ccc(NCc2ccnc(C)n2)cc1. The first-order valence-corrected chi connectivity index (χ1v) is 6.70. The van der Waals surface area contributed by atoms with Crippen LogP contribution in [0.25, 0.3) is 0 Å². The first-order valence-electron chi connectivity index (χ1n) is 6.70. The number of amides is 1. The number of nitrogens with one attached hydrogen (secondary N) is 2. The first-order chi connectivity index (χ1) is 10.2. The number of carbonyl (C=O) groups excluding carboxylic acids is 1. The van der Waals surface area contributed by atoms with Crippen LogP contribution in [0.4, 0.5) is 5.69 Å². The molecule has 0 aliphatic heterocycles. The van der Waals surface area contributed by atoms with Gasteiger partial charge in [0.05, 0.1) is 12.2 Å². The van der Waals surface area contributed by atoms with Crippen molar-refractivity contribution >= 4 is 11.6 Å². The quantitative estimate of drug-likeness (QED) is 0.798. The van der Waals surface area contributed by atoms with E-state index in [1.807, 2.05) is 25.1 Å². The van der Waals surface area contributed by atoms with Crippen LogP contribution in [0.3, 0.4) is 0 Å². The van der Waals surface area contributed by atoms with Crippen molar-refractivity contribution in [3.8, 4) is 0 Å². The van der Waals surface area contributed by atoms with Crippen LogP contribution in [0.15, 0.2) is 49.2 Å². The molecule has 1 aromatic heterocycles. The summed E-state index contributed by atoms with van der Waals surface area (Å²) >= 11 is 0. The Hall–Kier alpha value is -2.69. The second-order valence-electron chi connectivity index (χ2n) is 4.52. The van der Waals surface area contributed by atoms with Crippen molar-refractivity contribution in [3.05, 3.63) is 66.3 Å². The Kier molecular flexibility index (Phi) is 5.04. The van der Waals surface area contributed by atoms with E-state index in [1.165, 1.54) is 0 Å². The smallest absolute Gasteiger partial charge is 0.251 e. The number of anilines is 1. The molecule has 108 valence electrons. The van der Waals surface area contributed by atoms with E-state index < -0.39 is 0 Å². The summed E-state index contributed by atoms with van der Waals surface area (Å²) in [5, 5.41) is 6.00. The summed E-state index contributed by atoms with van der Waals surface area (Å²) in [6, 6.07) is 9.18. The molecule has 0 unspecified atom stereocenters. The van der Waals surface area contributed by atoms with E-state index in [1.54, 1.807) is 24.4 Å². The molecule has 2 aromatic rings. The highest BCUT2D eigenvalue weighted by Gasteiger charge is 2.03. The van der Waals surface area contributed by atoms with Crippen LogP contribution >= 0.6 is 0 Å². The molecule has 0 spiro atoms. The van der Waals surface area contributed by atoms with Crippen molar-refractivity contribution in [2.24, 2.45) is 0 Å². The van der Waals surface area contributed by atoms with E-state index in [2.05, 4.69) is 27.2 Å². The first kappa shape index (κ1) is 14.7. The Labute approximate surface area is 124 Å². The average Bonchev–Trinajstić information content (AvgIpc) is 2.51. The highest BCUT2D eigenvalue weighted by atomic mass is 16.1. The van der Waals surface area contributed by atoms with Gasteiger partial charge in [-0.15, -0.1) is 6.58 Å². The topological polar surface area (TPSA) is 66.9 Å². The van der Waals surface area contributed by atoms with Crippen LogP contribution in [-0.4, -0.2) is 22.4 Å². The lowest BCUT2D eigenvalue weighted by Gasteiger charge is -2.07. The van der Waals surface area contributed by atoms with Crippen LogP contribution in [0.2, 0.25) is 0 Å². The van der Waals surface area contributed by atoms with E-state index >= 15 is 0 Å². The second kappa shape index (κ2) is 7.19. The molecule has 5 heteroatoms. The van der Waals surface area contributed by atoms with Gasteiger partial charge in [-0.05, 0) is 37.3 Å². The molecule has 1 amide bonds. The van der Waals surface area contributed by atoms with Gasteiger partial charge in [-0.25, -0.2) is 9.97 Å². The fraction of sp³-hybridized carbons (Fsp3) is 0.188. The van der Waals surface area contributed by atoms with Crippen molar-refractivity contribution in [2.45, 2.75) is 13.5 Å². The van der Waals surface area contributed by atoms with Crippen molar-refractivity contribution in [1.82, 2.24) is 15.3 Å². The number of rotatable bonds is 6. The summed E-state index contributed by atoms with van der Waals surface area (Å²) in [6.07, 6.45) is 3.39. The monoisotopic (exact) mass is 282 g/mol. The lowest BCUT2D eigenvalue weighted by atomic mass is 10.2. The molecule has 1 heterocycles. The maximum atomic E-state index is 11.7. The standard InChI is InChI=1S/C16H18N4O/c1-3-9-18-16(21)13-4-6-14(7-5-13)19-11-15-8-10-17-12(2)20-15/h3-8,10,19H,1,9,11H2,2H3,(H,18,21). The van der Waals surface area contributed by atoms with Gasteiger partial charge in [0.2, 0.25) is 0 Å². The average molecular weight is 282 g/mol. The minimum Gasteiger partial charge on any atom is -0.379 e. The number of aromatic nitrogens is 2. The van der Waals surface area contributed by atoms with Gasteiger partial charge < -0.3 is 10.6 Å². The van der Waals surface area contributed by atoms with Crippen molar-refractivity contribution < 1.29 is 4.79 Å². The summed E-state index contributed by atoms with van der Waals surface area (Å²) in [6.45, 7) is 6.51. The van der Waals surface area contributed by atoms with E-state index in [9.17, 15) is 4.79 Å². The third-order valence-electron chi connectivity index (χ3n) is 2.86. The number of benzene rings is 1. The molecule has 0 bridgehead atoms. The molecule has 0 radical (unpaired) electrons. The predicted molar refractivity (Wildman–Crippen MR) is 83.1 cm³/mol. The molecule has 2 rings (SSSR count). The molecule has 0 saturated heterocycles. The molecule has 0 aliphatic rings. The van der Waals surface area contributed by atoms with Crippen molar-refractivity contribution in [3.63, 3.8) is 0 Å². The summed E-state index contributed by atoms with van der Waals surface area (Å²) in [4.78, 5) is 20.1. The second-order valence-corrected chi connectivity index (χ2v) is 4.52. The Morgan fingerprint density at radius 3 is 2.71 bits per heavy atom. The molecule has 21 heavy (non-hydrogen) atoms. The lowest BCUT2D eigenvalue weighted by Crippen LogP contribution is -2.23. The van der Waals surface area contributed by atoms with Crippen LogP contribution in [0, 0.1) is 6.92 Å². The fourth-order valence-corrected chi connectivity index (χ4v) is 1.80. The minimum atomic E-state index is -0.104. The van der Waals surface area contributed by atoms with Gasteiger partial charge >= 0.3 is 0 Å². The molecule has 0 atom stereocenters. The highest BCUT2D eigenvalue weighted by Crippen LogP contribution is 2.10. The zero-order valence-corrected chi connectivity index (χ0v) is 12.0. The Balaban J connectivity index is 1.93. The van der Waals surface area contributed by atoms with Crippen LogP contribution in [0.1, 0.15) is 21.9 Å². The molecule has 5 nitrogen and oxygen atoms in total. The van der Waals surface area contributed by atoms with Gasteiger partial charge in [-0.2, -0.15) is 0 Å². The third-order valence-corrected chi connectivity index (χ3v) is 2.86. The highest BCUT2D eigenvalue weighted by molar-refractivity contribution is 5.94. The van der Waals surface area contributed by atoms with E-state index in [0.717, 1.165) is 17.2 Å². The van der Waals surface area contributed by atoms with Crippen LogP contribution in [-0.2, 0) is 6.54 Å². The van der Waals surface area contributed by atoms with Gasteiger partial charge in [-0.3, -0.25) is 4.79 Å². The molecule has 0 fully saturated rings. The maximum Gasteiger partial charge on any atom is 0.251 e. The van der Waals surface area contributed by atoms with E-state index in [-0.39, 0.29) is 5.91 Å². The number of aryl methyl sites for hydroxylation is 1. The predicted octanol–water partition coefficient (Wildman–Crippen LogP) is 2.31. The molecule has 2 N–H and O–H groups in total. The summed E-state index contributed by atoms with van der Waals surface area (Å²) in [5.74, 6) is 0.649. The van der Waals surface area contributed by atoms with Gasteiger partial charge in [0, 0.05) is 24.0 Å². The molecular weight excluding hydrogens is 264 g/mol. The molecular formula is C16H18N4O. The van der Waals surface area contributed by atoms with Crippen LogP contribution in [0.5, 0.6) is 0 Å². The third kappa shape index (κ3) is 4.42. The number of carbonyl (C=O) groups is 1. The van der Waals surface area contributed by atoms with Gasteiger partial charge in [0.15, 0.2) is 0 Å². The minimum absolute atomic E-state index is 0.104. The number of nitrogens with zero attached hydrogens (tertiary/aromatic N) is 2. The summed E-state index contributed by atoms with van der Waals surface area (Å²) in [5.41, 5.74) is 2.49. The normalized spacial score (nSPS) is 9.95. The zero-order valence-electron chi connectivity index (χ0n) is 12.0. The summed E-state index contributed by atoms with van der Waals surface area (Å²) < 4.78 is 0. The van der Waals surface area contributed by atoms with Crippen LogP contribution < -0.4 is 10.6 Å². The number of hydrogen-bond donors (Lipinski definition) is 2. The number of hydrogen-bond acceptors (Lipinski definition) is 4. The van der Waals surface area contributed by atoms with Crippen molar-refractivity contribution in [2.75, 3.05) is 11.9 Å². The largest absolute Gasteiger partial charge is 0.379 e. The fourth-order valence-electron chi connectivity index (χ4n) is 1.80. The zero-order chi connectivity index (χ0) is 15.1.